The van der Waals surface area contributed by atoms with Crippen molar-refractivity contribution in [2.24, 2.45) is 0 Å². The van der Waals surface area contributed by atoms with Gasteiger partial charge in [-0.05, 0) is 43.3 Å². The summed E-state index contributed by atoms with van der Waals surface area (Å²) in [5.41, 5.74) is 0. The maximum absolute atomic E-state index is 11.5. The molecule has 0 bridgehead atoms. The molecule has 1 heterocycles. The SMILES string of the molecule is CC(Br)C(=O)Nc1ccc(Oc2ccc(Cl)cc2)cn1. The van der Waals surface area contributed by atoms with E-state index in [-0.39, 0.29) is 10.7 Å². The fourth-order valence-electron chi connectivity index (χ4n) is 1.38. The Balaban J connectivity index is 2.01. The number of halogens is 2. The first-order chi connectivity index (χ1) is 9.54. The van der Waals surface area contributed by atoms with Crippen LogP contribution in [0.5, 0.6) is 11.5 Å². The van der Waals surface area contributed by atoms with Gasteiger partial charge in [-0.3, -0.25) is 4.79 Å². The number of nitrogens with zero attached hydrogens (tertiary/aromatic N) is 1. The van der Waals surface area contributed by atoms with Crippen LogP contribution in [0, 0.1) is 0 Å². The highest BCUT2D eigenvalue weighted by atomic mass is 79.9. The van der Waals surface area contributed by atoms with E-state index >= 15 is 0 Å². The van der Waals surface area contributed by atoms with Crippen LogP contribution in [0.4, 0.5) is 5.82 Å². The van der Waals surface area contributed by atoms with Crippen LogP contribution in [0.3, 0.4) is 0 Å². The molecule has 1 atom stereocenters. The molecule has 0 aliphatic heterocycles. The lowest BCUT2D eigenvalue weighted by molar-refractivity contribution is -0.115. The normalized spacial score (nSPS) is 11.8. The standard InChI is InChI=1S/C14H12BrClN2O2/c1-9(15)14(19)18-13-7-6-12(8-17-13)20-11-4-2-10(16)3-5-11/h2-9H,1H3,(H,17,18,19). The molecule has 0 saturated carbocycles. The number of anilines is 1. The van der Waals surface area contributed by atoms with Gasteiger partial charge in [0.15, 0.2) is 0 Å². The van der Waals surface area contributed by atoms with Gasteiger partial charge in [0, 0.05) is 5.02 Å². The molecule has 104 valence electrons. The summed E-state index contributed by atoms with van der Waals surface area (Å²) in [4.78, 5) is 15.3. The number of hydrogen-bond donors (Lipinski definition) is 1. The van der Waals surface area contributed by atoms with E-state index in [4.69, 9.17) is 16.3 Å². The summed E-state index contributed by atoms with van der Waals surface area (Å²) in [7, 11) is 0. The number of ether oxygens (including phenoxy) is 1. The Bertz CT molecular complexity index is 585. The largest absolute Gasteiger partial charge is 0.456 e. The number of carbonyl (C=O) groups is 1. The number of rotatable bonds is 4. The first-order valence-corrected chi connectivity index (χ1v) is 7.18. The van der Waals surface area contributed by atoms with Gasteiger partial charge in [0.25, 0.3) is 0 Å². The fourth-order valence-corrected chi connectivity index (χ4v) is 1.62. The molecule has 1 N–H and O–H groups in total. The van der Waals surface area contributed by atoms with E-state index < -0.39 is 0 Å². The Morgan fingerprint density at radius 3 is 2.45 bits per heavy atom. The molecule has 4 nitrogen and oxygen atoms in total. The lowest BCUT2D eigenvalue weighted by Crippen LogP contribution is -2.20. The van der Waals surface area contributed by atoms with Crippen LogP contribution in [0.15, 0.2) is 42.6 Å². The first-order valence-electron chi connectivity index (χ1n) is 5.89. The summed E-state index contributed by atoms with van der Waals surface area (Å²) in [5.74, 6) is 1.58. The Morgan fingerprint density at radius 1 is 1.25 bits per heavy atom. The summed E-state index contributed by atoms with van der Waals surface area (Å²) < 4.78 is 5.60. The zero-order chi connectivity index (χ0) is 14.5. The highest BCUT2D eigenvalue weighted by Gasteiger charge is 2.09. The first kappa shape index (κ1) is 14.8. The number of alkyl halides is 1. The van der Waals surface area contributed by atoms with E-state index in [1.807, 2.05) is 0 Å². The van der Waals surface area contributed by atoms with Gasteiger partial charge in [-0.25, -0.2) is 4.98 Å². The van der Waals surface area contributed by atoms with Gasteiger partial charge in [0.05, 0.1) is 11.0 Å². The average Bonchev–Trinajstić information content (AvgIpc) is 2.43. The van der Waals surface area contributed by atoms with Crippen molar-refractivity contribution in [3.05, 3.63) is 47.6 Å². The van der Waals surface area contributed by atoms with E-state index in [1.165, 1.54) is 0 Å². The number of amides is 1. The maximum atomic E-state index is 11.5. The van der Waals surface area contributed by atoms with Crippen molar-refractivity contribution < 1.29 is 9.53 Å². The van der Waals surface area contributed by atoms with Gasteiger partial charge in [0.2, 0.25) is 5.91 Å². The highest BCUT2D eigenvalue weighted by Crippen LogP contribution is 2.23. The number of hydrogen-bond acceptors (Lipinski definition) is 3. The Labute approximate surface area is 130 Å². The molecule has 20 heavy (non-hydrogen) atoms. The maximum Gasteiger partial charge on any atom is 0.239 e. The Kier molecular flexibility index (Phi) is 4.98. The molecule has 1 unspecified atom stereocenters. The smallest absolute Gasteiger partial charge is 0.239 e. The van der Waals surface area contributed by atoms with Crippen LogP contribution in [-0.2, 0) is 4.79 Å². The second kappa shape index (κ2) is 6.72. The van der Waals surface area contributed by atoms with Crippen molar-refractivity contribution in [2.45, 2.75) is 11.8 Å². The van der Waals surface area contributed by atoms with Crippen molar-refractivity contribution in [1.29, 1.82) is 0 Å². The summed E-state index contributed by atoms with van der Waals surface area (Å²) in [6.07, 6.45) is 1.54. The number of benzene rings is 1. The van der Waals surface area contributed by atoms with Gasteiger partial charge in [0.1, 0.15) is 17.3 Å². The lowest BCUT2D eigenvalue weighted by Gasteiger charge is -2.08. The van der Waals surface area contributed by atoms with E-state index in [1.54, 1.807) is 49.5 Å². The minimum Gasteiger partial charge on any atom is -0.456 e. The number of nitrogens with one attached hydrogen (secondary N) is 1. The molecule has 1 aromatic carbocycles. The molecular weight excluding hydrogens is 344 g/mol. The van der Waals surface area contributed by atoms with E-state index in [0.717, 1.165) is 0 Å². The zero-order valence-corrected chi connectivity index (χ0v) is 13.0. The minimum absolute atomic E-state index is 0.149. The molecule has 2 aromatic rings. The third kappa shape index (κ3) is 4.21. The lowest BCUT2D eigenvalue weighted by atomic mass is 10.3. The van der Waals surface area contributed by atoms with Gasteiger partial charge in [-0.1, -0.05) is 27.5 Å². The third-order valence-electron chi connectivity index (χ3n) is 2.40. The van der Waals surface area contributed by atoms with Gasteiger partial charge >= 0.3 is 0 Å². The van der Waals surface area contributed by atoms with Crippen molar-refractivity contribution in [3.8, 4) is 11.5 Å². The van der Waals surface area contributed by atoms with Crippen molar-refractivity contribution in [2.75, 3.05) is 5.32 Å². The number of aromatic nitrogens is 1. The summed E-state index contributed by atoms with van der Waals surface area (Å²) >= 11 is 8.98. The monoisotopic (exact) mass is 354 g/mol. The van der Waals surface area contributed by atoms with Crippen LogP contribution in [-0.4, -0.2) is 15.7 Å². The van der Waals surface area contributed by atoms with Crippen LogP contribution >= 0.6 is 27.5 Å². The fraction of sp³-hybridized carbons (Fsp3) is 0.143. The Hall–Kier alpha value is -1.59. The molecule has 0 saturated heterocycles. The van der Waals surface area contributed by atoms with E-state index in [0.29, 0.717) is 22.3 Å². The van der Waals surface area contributed by atoms with Crippen LogP contribution < -0.4 is 10.1 Å². The molecule has 0 radical (unpaired) electrons. The minimum atomic E-state index is -0.269. The highest BCUT2D eigenvalue weighted by molar-refractivity contribution is 9.10. The van der Waals surface area contributed by atoms with Crippen molar-refractivity contribution >= 4 is 39.3 Å². The van der Waals surface area contributed by atoms with Crippen LogP contribution in [0.25, 0.3) is 0 Å². The summed E-state index contributed by atoms with van der Waals surface area (Å²) in [5, 5.41) is 3.32. The van der Waals surface area contributed by atoms with Crippen LogP contribution in [0.2, 0.25) is 5.02 Å². The Morgan fingerprint density at radius 2 is 1.90 bits per heavy atom. The number of carbonyl (C=O) groups excluding carboxylic acids is 1. The molecule has 2 rings (SSSR count). The second-order valence-electron chi connectivity index (χ2n) is 4.04. The molecule has 0 aliphatic carbocycles. The van der Waals surface area contributed by atoms with Crippen molar-refractivity contribution in [3.63, 3.8) is 0 Å². The predicted molar refractivity (Wildman–Crippen MR) is 82.8 cm³/mol. The van der Waals surface area contributed by atoms with E-state index in [9.17, 15) is 4.79 Å². The second-order valence-corrected chi connectivity index (χ2v) is 5.85. The number of pyridine rings is 1. The van der Waals surface area contributed by atoms with Gasteiger partial charge in [-0.2, -0.15) is 0 Å². The topological polar surface area (TPSA) is 51.2 Å². The molecule has 1 aromatic heterocycles. The molecule has 0 fully saturated rings. The molecular formula is C14H12BrClN2O2. The summed E-state index contributed by atoms with van der Waals surface area (Å²) in [6, 6.07) is 10.4. The zero-order valence-electron chi connectivity index (χ0n) is 10.6. The molecule has 6 heteroatoms. The molecule has 0 aliphatic rings. The predicted octanol–water partition coefficient (Wildman–Crippen LogP) is 4.25. The van der Waals surface area contributed by atoms with Crippen LogP contribution in [0.1, 0.15) is 6.92 Å². The van der Waals surface area contributed by atoms with Gasteiger partial charge < -0.3 is 10.1 Å². The molecule has 0 spiro atoms. The van der Waals surface area contributed by atoms with E-state index in [2.05, 4.69) is 26.2 Å². The van der Waals surface area contributed by atoms with Gasteiger partial charge in [-0.15, -0.1) is 0 Å². The quantitative estimate of drug-likeness (QED) is 0.834. The molecule has 1 amide bonds. The van der Waals surface area contributed by atoms with Crippen molar-refractivity contribution in [1.82, 2.24) is 4.98 Å². The third-order valence-corrected chi connectivity index (χ3v) is 3.07. The average molecular weight is 356 g/mol. The summed E-state index contributed by atoms with van der Waals surface area (Å²) in [6.45, 7) is 1.74.